The summed E-state index contributed by atoms with van der Waals surface area (Å²) in [4.78, 5) is 11.3. The SMILES string of the molecule is CCOC(=O)C(O)C(O)c1ccc(N)c(C)c1Cl. The summed E-state index contributed by atoms with van der Waals surface area (Å²) in [6.45, 7) is 3.42. The molecule has 1 rings (SSSR count). The van der Waals surface area contributed by atoms with Crippen molar-refractivity contribution in [1.82, 2.24) is 0 Å². The molecule has 0 aromatic heterocycles. The number of esters is 1. The predicted octanol–water partition coefficient (Wildman–Crippen LogP) is 1.19. The lowest BCUT2D eigenvalue weighted by molar-refractivity contribution is -0.159. The molecule has 1 aromatic rings. The summed E-state index contributed by atoms with van der Waals surface area (Å²) in [5.41, 5.74) is 6.95. The summed E-state index contributed by atoms with van der Waals surface area (Å²) in [6.07, 6.45) is -3.12. The van der Waals surface area contributed by atoms with Gasteiger partial charge >= 0.3 is 5.97 Å². The minimum absolute atomic E-state index is 0.122. The van der Waals surface area contributed by atoms with E-state index in [1.54, 1.807) is 19.9 Å². The Hall–Kier alpha value is -1.30. The number of anilines is 1. The number of nitrogens with two attached hydrogens (primary N) is 1. The molecule has 0 heterocycles. The van der Waals surface area contributed by atoms with E-state index in [9.17, 15) is 15.0 Å². The molecular weight excluding hydrogens is 258 g/mol. The van der Waals surface area contributed by atoms with E-state index >= 15 is 0 Å². The van der Waals surface area contributed by atoms with Crippen LogP contribution in [-0.4, -0.2) is 28.9 Å². The number of benzene rings is 1. The van der Waals surface area contributed by atoms with Gasteiger partial charge in [-0.25, -0.2) is 4.79 Å². The maximum atomic E-state index is 11.3. The van der Waals surface area contributed by atoms with E-state index in [1.165, 1.54) is 6.07 Å². The molecule has 1 aromatic carbocycles. The lowest BCUT2D eigenvalue weighted by Gasteiger charge is -2.19. The summed E-state index contributed by atoms with van der Waals surface area (Å²) >= 11 is 6.02. The highest BCUT2D eigenvalue weighted by molar-refractivity contribution is 6.32. The van der Waals surface area contributed by atoms with Crippen molar-refractivity contribution >= 4 is 23.3 Å². The second kappa shape index (κ2) is 6.04. The Labute approximate surface area is 110 Å². The lowest BCUT2D eigenvalue weighted by Crippen LogP contribution is -2.30. The van der Waals surface area contributed by atoms with Crippen molar-refractivity contribution in [3.8, 4) is 0 Å². The normalized spacial score (nSPS) is 14.1. The fourth-order valence-electron chi connectivity index (χ4n) is 1.48. The maximum Gasteiger partial charge on any atom is 0.338 e. The van der Waals surface area contributed by atoms with Crippen LogP contribution in [0.4, 0.5) is 5.69 Å². The summed E-state index contributed by atoms with van der Waals surface area (Å²) in [5.74, 6) is -0.893. The fraction of sp³-hybridized carbons (Fsp3) is 0.417. The number of aliphatic hydroxyl groups is 2. The maximum absolute atomic E-state index is 11.3. The molecule has 0 saturated carbocycles. The largest absolute Gasteiger partial charge is 0.464 e. The van der Waals surface area contributed by atoms with Crippen LogP contribution in [0.25, 0.3) is 0 Å². The number of rotatable bonds is 4. The van der Waals surface area contributed by atoms with Crippen LogP contribution < -0.4 is 5.73 Å². The quantitative estimate of drug-likeness (QED) is 0.566. The number of carbonyl (C=O) groups excluding carboxylic acids is 1. The van der Waals surface area contributed by atoms with Crippen LogP contribution in [0.15, 0.2) is 12.1 Å². The van der Waals surface area contributed by atoms with Gasteiger partial charge in [-0.15, -0.1) is 0 Å². The minimum atomic E-state index is -1.68. The third-order valence-electron chi connectivity index (χ3n) is 2.60. The van der Waals surface area contributed by atoms with Gasteiger partial charge in [0.25, 0.3) is 0 Å². The Kier molecular flexibility index (Phi) is 4.95. The smallest absolute Gasteiger partial charge is 0.338 e. The molecule has 6 heteroatoms. The van der Waals surface area contributed by atoms with Crippen LogP contribution in [0.2, 0.25) is 5.02 Å². The number of hydrogen-bond acceptors (Lipinski definition) is 5. The van der Waals surface area contributed by atoms with Crippen molar-refractivity contribution in [1.29, 1.82) is 0 Å². The van der Waals surface area contributed by atoms with Crippen molar-refractivity contribution in [2.45, 2.75) is 26.1 Å². The van der Waals surface area contributed by atoms with Gasteiger partial charge in [-0.2, -0.15) is 0 Å². The molecule has 0 aliphatic rings. The van der Waals surface area contributed by atoms with Gasteiger partial charge in [0, 0.05) is 11.3 Å². The van der Waals surface area contributed by atoms with E-state index < -0.39 is 18.2 Å². The first kappa shape index (κ1) is 14.8. The second-order valence-electron chi connectivity index (χ2n) is 3.82. The Morgan fingerprint density at radius 1 is 1.50 bits per heavy atom. The van der Waals surface area contributed by atoms with Gasteiger partial charge in [0.2, 0.25) is 0 Å². The van der Waals surface area contributed by atoms with Crippen LogP contribution in [0.5, 0.6) is 0 Å². The van der Waals surface area contributed by atoms with Gasteiger partial charge in [0.1, 0.15) is 6.10 Å². The summed E-state index contributed by atoms with van der Waals surface area (Å²) < 4.78 is 4.62. The molecule has 0 aliphatic carbocycles. The average molecular weight is 274 g/mol. The first-order chi connectivity index (χ1) is 8.40. The molecule has 100 valence electrons. The number of aliphatic hydroxyl groups excluding tert-OH is 2. The zero-order chi connectivity index (χ0) is 13.9. The zero-order valence-corrected chi connectivity index (χ0v) is 10.9. The minimum Gasteiger partial charge on any atom is -0.464 e. The zero-order valence-electron chi connectivity index (χ0n) is 10.2. The first-order valence-corrected chi connectivity index (χ1v) is 5.85. The van der Waals surface area contributed by atoms with E-state index in [0.29, 0.717) is 11.3 Å². The third-order valence-corrected chi connectivity index (χ3v) is 3.11. The number of hydrogen-bond donors (Lipinski definition) is 3. The van der Waals surface area contributed by atoms with Crippen LogP contribution in [0.3, 0.4) is 0 Å². The molecule has 0 bridgehead atoms. The Morgan fingerprint density at radius 3 is 2.67 bits per heavy atom. The molecule has 5 nitrogen and oxygen atoms in total. The first-order valence-electron chi connectivity index (χ1n) is 5.47. The monoisotopic (exact) mass is 273 g/mol. The topological polar surface area (TPSA) is 92.8 Å². The average Bonchev–Trinajstić information content (AvgIpc) is 2.35. The molecule has 4 N–H and O–H groups in total. The molecule has 18 heavy (non-hydrogen) atoms. The third kappa shape index (κ3) is 2.93. The van der Waals surface area contributed by atoms with Crippen molar-refractivity contribution in [2.75, 3.05) is 12.3 Å². The molecule has 0 amide bonds. The molecule has 0 saturated heterocycles. The van der Waals surface area contributed by atoms with Crippen LogP contribution >= 0.6 is 11.6 Å². The molecule has 0 spiro atoms. The van der Waals surface area contributed by atoms with Gasteiger partial charge in [0.05, 0.1) is 11.6 Å². The number of nitrogen functional groups attached to an aromatic ring is 1. The van der Waals surface area contributed by atoms with Gasteiger partial charge in [-0.1, -0.05) is 17.7 Å². The van der Waals surface area contributed by atoms with E-state index in [0.717, 1.165) is 0 Å². The van der Waals surface area contributed by atoms with Crippen molar-refractivity contribution in [3.05, 3.63) is 28.3 Å². The number of carbonyl (C=O) groups is 1. The van der Waals surface area contributed by atoms with Crippen LogP contribution in [0, 0.1) is 6.92 Å². The standard InChI is InChI=1S/C12H16ClNO4/c1-3-18-12(17)11(16)10(15)7-4-5-8(14)6(2)9(7)13/h4-5,10-11,15-16H,3,14H2,1-2H3. The summed E-state index contributed by atoms with van der Waals surface area (Å²) in [7, 11) is 0. The van der Waals surface area contributed by atoms with Gasteiger partial charge in [-0.3, -0.25) is 0 Å². The van der Waals surface area contributed by atoms with Crippen LogP contribution in [-0.2, 0) is 9.53 Å². The molecule has 0 radical (unpaired) electrons. The summed E-state index contributed by atoms with van der Waals surface area (Å²) in [5, 5.41) is 19.8. The van der Waals surface area contributed by atoms with Gasteiger partial charge in [-0.05, 0) is 25.5 Å². The summed E-state index contributed by atoms with van der Waals surface area (Å²) in [6, 6.07) is 3.02. The van der Waals surface area contributed by atoms with E-state index in [4.69, 9.17) is 17.3 Å². The molecule has 2 unspecified atom stereocenters. The second-order valence-corrected chi connectivity index (χ2v) is 4.20. The highest BCUT2D eigenvalue weighted by atomic mass is 35.5. The molecule has 0 aliphatic heterocycles. The molecular formula is C12H16ClNO4. The van der Waals surface area contributed by atoms with Crippen molar-refractivity contribution in [3.63, 3.8) is 0 Å². The van der Waals surface area contributed by atoms with E-state index in [-0.39, 0.29) is 17.2 Å². The molecule has 2 atom stereocenters. The number of halogens is 1. The Balaban J connectivity index is 3.00. The van der Waals surface area contributed by atoms with Crippen molar-refractivity contribution in [2.24, 2.45) is 0 Å². The van der Waals surface area contributed by atoms with E-state index in [1.807, 2.05) is 0 Å². The highest BCUT2D eigenvalue weighted by Gasteiger charge is 2.29. The Bertz CT molecular complexity index is 450. The predicted molar refractivity (Wildman–Crippen MR) is 68.2 cm³/mol. The lowest BCUT2D eigenvalue weighted by atomic mass is 10.0. The highest BCUT2D eigenvalue weighted by Crippen LogP contribution is 2.31. The van der Waals surface area contributed by atoms with Crippen LogP contribution in [0.1, 0.15) is 24.2 Å². The van der Waals surface area contributed by atoms with Gasteiger partial charge in [0.15, 0.2) is 6.10 Å². The number of ether oxygens (including phenoxy) is 1. The molecule has 0 fully saturated rings. The van der Waals surface area contributed by atoms with Gasteiger partial charge < -0.3 is 20.7 Å². The van der Waals surface area contributed by atoms with E-state index in [2.05, 4.69) is 4.74 Å². The van der Waals surface area contributed by atoms with Crippen molar-refractivity contribution < 1.29 is 19.7 Å². The fourth-order valence-corrected chi connectivity index (χ4v) is 1.76. The Morgan fingerprint density at radius 2 is 2.11 bits per heavy atom.